The molecular weight excluding hydrogens is 282 g/mol. The average Bonchev–Trinajstić information content (AvgIpc) is 2.50. The van der Waals surface area contributed by atoms with Gasteiger partial charge in [0.25, 0.3) is 0 Å². The van der Waals surface area contributed by atoms with Gasteiger partial charge in [-0.1, -0.05) is 42.5 Å². The molecule has 0 heterocycles. The molecule has 0 fully saturated rings. The fraction of sp³-hybridized carbons (Fsp3) is 0.176. The van der Waals surface area contributed by atoms with Gasteiger partial charge in [0, 0.05) is 6.54 Å². The number of carboxylic acids is 1. The maximum absolute atomic E-state index is 12.1. The van der Waals surface area contributed by atoms with Gasteiger partial charge in [-0.2, -0.15) is 0 Å². The Morgan fingerprint density at radius 2 is 1.64 bits per heavy atom. The van der Waals surface area contributed by atoms with E-state index in [0.717, 1.165) is 5.56 Å². The molecule has 0 aromatic heterocycles. The summed E-state index contributed by atoms with van der Waals surface area (Å²) in [5.41, 5.74) is 1.40. The van der Waals surface area contributed by atoms with E-state index in [9.17, 15) is 19.8 Å². The van der Waals surface area contributed by atoms with Gasteiger partial charge in [0.1, 0.15) is 5.75 Å². The fourth-order valence-electron chi connectivity index (χ4n) is 2.15. The summed E-state index contributed by atoms with van der Waals surface area (Å²) >= 11 is 0. The number of carbonyl (C=O) groups excluding carboxylic acids is 1. The normalized spacial score (nSPS) is 11.6. The molecule has 0 saturated heterocycles. The zero-order chi connectivity index (χ0) is 15.9. The molecule has 5 nitrogen and oxygen atoms in total. The van der Waals surface area contributed by atoms with E-state index in [1.165, 1.54) is 0 Å². The van der Waals surface area contributed by atoms with Crippen LogP contribution in [0.4, 0.5) is 0 Å². The zero-order valence-corrected chi connectivity index (χ0v) is 11.9. The molecule has 0 aliphatic heterocycles. The molecule has 22 heavy (non-hydrogen) atoms. The Morgan fingerprint density at radius 1 is 1.00 bits per heavy atom. The first-order valence-corrected chi connectivity index (χ1v) is 6.91. The van der Waals surface area contributed by atoms with E-state index in [0.29, 0.717) is 18.5 Å². The average molecular weight is 299 g/mol. The first-order valence-electron chi connectivity index (χ1n) is 6.91. The Hall–Kier alpha value is -2.82. The quantitative estimate of drug-likeness (QED) is 0.711. The number of phenolic OH excluding ortho intramolecular Hbond substituents is 1. The second-order valence-corrected chi connectivity index (χ2v) is 4.89. The van der Waals surface area contributed by atoms with Crippen molar-refractivity contribution in [3.05, 3.63) is 65.7 Å². The van der Waals surface area contributed by atoms with Crippen LogP contribution in [0.3, 0.4) is 0 Å². The Kier molecular flexibility index (Phi) is 5.14. The number of aromatic hydroxyl groups is 1. The monoisotopic (exact) mass is 299 g/mol. The predicted octanol–water partition coefficient (Wildman–Crippen LogP) is 1.92. The number of rotatable bonds is 6. The number of aliphatic carboxylic acids is 1. The number of phenols is 1. The molecule has 0 radical (unpaired) electrons. The van der Waals surface area contributed by atoms with Crippen molar-refractivity contribution in [2.24, 2.45) is 0 Å². The number of hydrogen-bond acceptors (Lipinski definition) is 3. The minimum atomic E-state index is -1.21. The largest absolute Gasteiger partial charge is 0.508 e. The molecule has 1 amide bonds. The van der Waals surface area contributed by atoms with Crippen molar-refractivity contribution in [1.82, 2.24) is 5.32 Å². The molecule has 0 bridgehead atoms. The second-order valence-electron chi connectivity index (χ2n) is 4.89. The molecule has 2 aromatic rings. The number of carbonyl (C=O) groups is 2. The molecule has 2 rings (SSSR count). The molecule has 0 aliphatic carbocycles. The van der Waals surface area contributed by atoms with E-state index in [1.54, 1.807) is 54.6 Å². The van der Waals surface area contributed by atoms with Gasteiger partial charge in [0.05, 0.1) is 0 Å². The van der Waals surface area contributed by atoms with Crippen molar-refractivity contribution in [3.8, 4) is 5.75 Å². The first kappa shape index (κ1) is 15.6. The molecule has 3 N–H and O–H groups in total. The van der Waals surface area contributed by atoms with E-state index in [2.05, 4.69) is 5.32 Å². The Morgan fingerprint density at radius 3 is 2.23 bits per heavy atom. The summed E-state index contributed by atoms with van der Waals surface area (Å²) in [6.07, 6.45) is 0.563. The lowest BCUT2D eigenvalue weighted by atomic mass is 9.98. The van der Waals surface area contributed by atoms with Crippen LogP contribution in [0, 0.1) is 0 Å². The topological polar surface area (TPSA) is 86.6 Å². The summed E-state index contributed by atoms with van der Waals surface area (Å²) in [6.45, 7) is 0.334. The third-order valence-electron chi connectivity index (χ3n) is 3.29. The maximum Gasteiger partial charge on any atom is 0.320 e. The van der Waals surface area contributed by atoms with Crippen LogP contribution in [0.5, 0.6) is 5.75 Å². The highest BCUT2D eigenvalue weighted by Gasteiger charge is 2.27. The van der Waals surface area contributed by atoms with Gasteiger partial charge < -0.3 is 15.5 Å². The zero-order valence-electron chi connectivity index (χ0n) is 11.9. The van der Waals surface area contributed by atoms with Gasteiger partial charge in [-0.3, -0.25) is 9.59 Å². The summed E-state index contributed by atoms with van der Waals surface area (Å²) in [5.74, 6) is -2.73. The van der Waals surface area contributed by atoms with Crippen molar-refractivity contribution in [2.75, 3.05) is 6.54 Å². The summed E-state index contributed by atoms with van der Waals surface area (Å²) in [7, 11) is 0. The van der Waals surface area contributed by atoms with E-state index in [1.807, 2.05) is 0 Å². The van der Waals surface area contributed by atoms with Crippen LogP contribution in [0.15, 0.2) is 54.6 Å². The molecule has 0 aliphatic rings. The molecule has 1 unspecified atom stereocenters. The maximum atomic E-state index is 12.1. The molecule has 0 spiro atoms. The van der Waals surface area contributed by atoms with Crippen LogP contribution >= 0.6 is 0 Å². The van der Waals surface area contributed by atoms with E-state index < -0.39 is 17.8 Å². The van der Waals surface area contributed by atoms with Crippen LogP contribution < -0.4 is 5.32 Å². The minimum Gasteiger partial charge on any atom is -0.508 e. The van der Waals surface area contributed by atoms with Crippen LogP contribution in [0.25, 0.3) is 0 Å². The van der Waals surface area contributed by atoms with Gasteiger partial charge in [-0.15, -0.1) is 0 Å². The SMILES string of the molecule is O=C(O)C(C(=O)NCCc1ccc(O)cc1)c1ccccc1. The number of benzene rings is 2. The Labute approximate surface area is 128 Å². The van der Waals surface area contributed by atoms with Crippen molar-refractivity contribution < 1.29 is 19.8 Å². The predicted molar refractivity (Wildman–Crippen MR) is 81.6 cm³/mol. The number of amides is 1. The summed E-state index contributed by atoms with van der Waals surface area (Å²) in [4.78, 5) is 23.4. The molecule has 1 atom stereocenters. The fourth-order valence-corrected chi connectivity index (χ4v) is 2.15. The summed E-state index contributed by atoms with van der Waals surface area (Å²) in [5, 5.41) is 21.1. The summed E-state index contributed by atoms with van der Waals surface area (Å²) < 4.78 is 0. The van der Waals surface area contributed by atoms with Gasteiger partial charge in [-0.05, 0) is 29.7 Å². The van der Waals surface area contributed by atoms with E-state index in [-0.39, 0.29) is 5.75 Å². The smallest absolute Gasteiger partial charge is 0.320 e. The highest BCUT2D eigenvalue weighted by atomic mass is 16.4. The third-order valence-corrected chi connectivity index (χ3v) is 3.29. The summed E-state index contributed by atoms with van der Waals surface area (Å²) in [6, 6.07) is 15.1. The third kappa shape index (κ3) is 4.09. The van der Waals surface area contributed by atoms with Gasteiger partial charge in [-0.25, -0.2) is 0 Å². The van der Waals surface area contributed by atoms with Crippen molar-refractivity contribution in [1.29, 1.82) is 0 Å². The van der Waals surface area contributed by atoms with Gasteiger partial charge in [0.2, 0.25) is 5.91 Å². The van der Waals surface area contributed by atoms with Crippen LogP contribution in [-0.4, -0.2) is 28.6 Å². The molecule has 2 aromatic carbocycles. The van der Waals surface area contributed by atoms with Crippen molar-refractivity contribution in [3.63, 3.8) is 0 Å². The first-order chi connectivity index (χ1) is 10.6. The Bertz CT molecular complexity index is 637. The van der Waals surface area contributed by atoms with E-state index >= 15 is 0 Å². The lowest BCUT2D eigenvalue weighted by molar-refractivity contribution is -0.143. The highest BCUT2D eigenvalue weighted by Crippen LogP contribution is 2.16. The minimum absolute atomic E-state index is 0.183. The number of hydrogen-bond donors (Lipinski definition) is 3. The Balaban J connectivity index is 1.94. The van der Waals surface area contributed by atoms with Crippen molar-refractivity contribution in [2.45, 2.75) is 12.3 Å². The molecule has 0 saturated carbocycles. The second kappa shape index (κ2) is 7.26. The molecule has 5 heteroatoms. The lowest BCUT2D eigenvalue weighted by Gasteiger charge is -2.13. The van der Waals surface area contributed by atoms with Crippen LogP contribution in [-0.2, 0) is 16.0 Å². The van der Waals surface area contributed by atoms with E-state index in [4.69, 9.17) is 0 Å². The molecule has 114 valence electrons. The molecular formula is C17H17NO4. The number of nitrogens with one attached hydrogen (secondary N) is 1. The van der Waals surface area contributed by atoms with Crippen LogP contribution in [0.2, 0.25) is 0 Å². The lowest BCUT2D eigenvalue weighted by Crippen LogP contribution is -2.34. The van der Waals surface area contributed by atoms with Crippen molar-refractivity contribution >= 4 is 11.9 Å². The van der Waals surface area contributed by atoms with Gasteiger partial charge in [0.15, 0.2) is 5.92 Å². The van der Waals surface area contributed by atoms with Gasteiger partial charge >= 0.3 is 5.97 Å². The highest BCUT2D eigenvalue weighted by molar-refractivity contribution is 6.02. The standard InChI is InChI=1S/C17H17NO4/c19-14-8-6-12(7-9-14)10-11-18-16(20)15(17(21)22)13-4-2-1-3-5-13/h1-9,15,19H,10-11H2,(H,18,20)(H,21,22). The van der Waals surface area contributed by atoms with Crippen LogP contribution in [0.1, 0.15) is 17.0 Å². The number of carboxylic acid groups (broad SMARTS) is 1.